The van der Waals surface area contributed by atoms with Gasteiger partial charge in [0.1, 0.15) is 4.90 Å². The molecule has 98 valence electrons. The van der Waals surface area contributed by atoms with Crippen molar-refractivity contribution < 1.29 is 13.2 Å². The van der Waals surface area contributed by atoms with Gasteiger partial charge in [-0.2, -0.15) is 0 Å². The summed E-state index contributed by atoms with van der Waals surface area (Å²) in [7, 11) is -1.91. The number of anilines is 1. The third-order valence-corrected chi connectivity index (χ3v) is 4.85. The number of amides is 1. The van der Waals surface area contributed by atoms with Crippen LogP contribution in [0, 0.1) is 0 Å². The Balaban J connectivity index is 2.47. The van der Waals surface area contributed by atoms with Gasteiger partial charge in [0.15, 0.2) is 0 Å². The molecule has 0 bridgehead atoms. The minimum absolute atomic E-state index is 0.114. The number of hydrogen-bond acceptors (Lipinski definition) is 4. The van der Waals surface area contributed by atoms with Gasteiger partial charge in [0.05, 0.1) is 5.56 Å². The highest BCUT2D eigenvalue weighted by molar-refractivity contribution is 7.90. The van der Waals surface area contributed by atoms with Crippen molar-refractivity contribution in [3.63, 3.8) is 0 Å². The molecule has 0 unspecified atom stereocenters. The van der Waals surface area contributed by atoms with Crippen molar-refractivity contribution in [1.29, 1.82) is 0 Å². The summed E-state index contributed by atoms with van der Waals surface area (Å²) in [6.07, 6.45) is 1.52. The van der Waals surface area contributed by atoms with Crippen LogP contribution in [0.2, 0.25) is 0 Å². The van der Waals surface area contributed by atoms with Crippen molar-refractivity contribution in [1.82, 2.24) is 4.31 Å². The van der Waals surface area contributed by atoms with E-state index in [2.05, 4.69) is 5.32 Å². The van der Waals surface area contributed by atoms with E-state index in [-0.39, 0.29) is 17.0 Å². The normalized spacial score (nSPS) is 16.8. The average Bonchev–Trinajstić information content (AvgIpc) is 2.55. The van der Waals surface area contributed by atoms with Crippen LogP contribution in [-0.2, 0) is 10.0 Å². The maximum atomic E-state index is 12.2. The Labute approximate surface area is 107 Å². The maximum Gasteiger partial charge on any atom is 0.269 e. The van der Waals surface area contributed by atoms with Crippen LogP contribution in [0.1, 0.15) is 30.1 Å². The highest BCUT2D eigenvalue weighted by Crippen LogP contribution is 2.32. The Morgan fingerprint density at radius 1 is 1.33 bits per heavy atom. The second-order valence-electron chi connectivity index (χ2n) is 4.20. The van der Waals surface area contributed by atoms with Gasteiger partial charge in [-0.3, -0.25) is 4.79 Å². The van der Waals surface area contributed by atoms with Crippen molar-refractivity contribution in [3.05, 3.63) is 23.8 Å². The quantitative estimate of drug-likeness (QED) is 0.902. The SMILES string of the molecule is CCCCN1C(=O)c2cc(NC)ccc2S1(=O)=O. The Morgan fingerprint density at radius 2 is 2.06 bits per heavy atom. The van der Waals surface area contributed by atoms with Gasteiger partial charge in [-0.25, -0.2) is 12.7 Å². The fourth-order valence-electron chi connectivity index (χ4n) is 1.96. The first-order valence-corrected chi connectivity index (χ1v) is 7.35. The number of sulfonamides is 1. The molecular formula is C12H16N2O3S. The number of carbonyl (C=O) groups is 1. The van der Waals surface area contributed by atoms with E-state index >= 15 is 0 Å². The van der Waals surface area contributed by atoms with E-state index in [1.165, 1.54) is 6.07 Å². The molecule has 1 aliphatic rings. The van der Waals surface area contributed by atoms with Crippen LogP contribution < -0.4 is 5.32 Å². The smallest absolute Gasteiger partial charge is 0.269 e. The van der Waals surface area contributed by atoms with Gasteiger partial charge in [-0.1, -0.05) is 13.3 Å². The molecule has 0 fully saturated rings. The fourth-order valence-corrected chi connectivity index (χ4v) is 3.55. The topological polar surface area (TPSA) is 66.5 Å². The second-order valence-corrected chi connectivity index (χ2v) is 6.03. The van der Waals surface area contributed by atoms with Crippen LogP contribution in [0.4, 0.5) is 5.69 Å². The van der Waals surface area contributed by atoms with E-state index in [4.69, 9.17) is 0 Å². The molecule has 0 spiro atoms. The predicted octanol–water partition coefficient (Wildman–Crippen LogP) is 1.67. The number of rotatable bonds is 4. The zero-order valence-electron chi connectivity index (χ0n) is 10.4. The summed E-state index contributed by atoms with van der Waals surface area (Å²) in [5.41, 5.74) is 0.993. The Bertz CT molecular complexity index is 581. The molecule has 0 atom stereocenters. The number of hydrogen-bond donors (Lipinski definition) is 1. The molecule has 1 amide bonds. The van der Waals surface area contributed by atoms with E-state index in [0.717, 1.165) is 16.4 Å². The number of fused-ring (bicyclic) bond motifs is 1. The Hall–Kier alpha value is -1.56. The van der Waals surface area contributed by atoms with Crippen LogP contribution in [0.5, 0.6) is 0 Å². The summed E-state index contributed by atoms with van der Waals surface area (Å²) < 4.78 is 25.3. The molecule has 1 aromatic rings. The van der Waals surface area contributed by atoms with E-state index in [9.17, 15) is 13.2 Å². The lowest BCUT2D eigenvalue weighted by Gasteiger charge is -2.13. The van der Waals surface area contributed by atoms with Gasteiger partial charge >= 0.3 is 0 Å². The van der Waals surface area contributed by atoms with E-state index in [1.807, 2.05) is 6.92 Å². The van der Waals surface area contributed by atoms with E-state index in [0.29, 0.717) is 6.42 Å². The fraction of sp³-hybridized carbons (Fsp3) is 0.417. The van der Waals surface area contributed by atoms with Gasteiger partial charge in [0.2, 0.25) is 0 Å². The summed E-state index contributed by atoms with van der Waals surface area (Å²) in [6, 6.07) is 4.73. The van der Waals surface area contributed by atoms with Gasteiger partial charge < -0.3 is 5.32 Å². The highest BCUT2D eigenvalue weighted by atomic mass is 32.2. The average molecular weight is 268 g/mol. The van der Waals surface area contributed by atoms with Crippen LogP contribution >= 0.6 is 0 Å². The third-order valence-electron chi connectivity index (χ3n) is 3.01. The van der Waals surface area contributed by atoms with E-state index in [1.54, 1.807) is 19.2 Å². The number of nitrogens with zero attached hydrogens (tertiary/aromatic N) is 1. The maximum absolute atomic E-state index is 12.2. The van der Waals surface area contributed by atoms with Crippen molar-refractivity contribution >= 4 is 21.6 Å². The number of carbonyl (C=O) groups excluding carboxylic acids is 1. The van der Waals surface area contributed by atoms with Crippen LogP contribution in [0.15, 0.2) is 23.1 Å². The predicted molar refractivity (Wildman–Crippen MR) is 69.1 cm³/mol. The molecular weight excluding hydrogens is 252 g/mol. The molecule has 18 heavy (non-hydrogen) atoms. The van der Waals surface area contributed by atoms with E-state index < -0.39 is 15.9 Å². The molecule has 5 nitrogen and oxygen atoms in total. The number of unbranched alkanes of at least 4 members (excludes halogenated alkanes) is 1. The number of benzene rings is 1. The third kappa shape index (κ3) is 1.86. The monoisotopic (exact) mass is 268 g/mol. The Morgan fingerprint density at radius 3 is 2.67 bits per heavy atom. The first-order valence-electron chi connectivity index (χ1n) is 5.91. The molecule has 0 radical (unpaired) electrons. The molecule has 0 aliphatic carbocycles. The lowest BCUT2D eigenvalue weighted by atomic mass is 10.2. The summed E-state index contributed by atoms with van der Waals surface area (Å²) in [5.74, 6) is -0.421. The molecule has 6 heteroatoms. The van der Waals surface area contributed by atoms with Crippen molar-refractivity contribution in [3.8, 4) is 0 Å². The highest BCUT2D eigenvalue weighted by Gasteiger charge is 2.40. The first kappa shape index (κ1) is 12.9. The zero-order chi connectivity index (χ0) is 13.3. The van der Waals surface area contributed by atoms with Crippen LogP contribution in [-0.4, -0.2) is 32.2 Å². The minimum Gasteiger partial charge on any atom is -0.388 e. The Kier molecular flexibility index (Phi) is 3.30. The minimum atomic E-state index is -3.64. The van der Waals surface area contributed by atoms with Crippen LogP contribution in [0.3, 0.4) is 0 Å². The molecule has 0 aromatic heterocycles. The van der Waals surface area contributed by atoms with Gasteiger partial charge in [-0.05, 0) is 24.6 Å². The molecule has 2 rings (SSSR count). The number of nitrogens with one attached hydrogen (secondary N) is 1. The van der Waals surface area contributed by atoms with Crippen LogP contribution in [0.25, 0.3) is 0 Å². The summed E-state index contributed by atoms with van der Waals surface area (Å²) in [4.78, 5) is 12.2. The first-order chi connectivity index (χ1) is 8.52. The molecule has 0 saturated carbocycles. The van der Waals surface area contributed by atoms with Crippen molar-refractivity contribution in [2.24, 2.45) is 0 Å². The van der Waals surface area contributed by atoms with Crippen molar-refractivity contribution in [2.45, 2.75) is 24.7 Å². The summed E-state index contributed by atoms with van der Waals surface area (Å²) >= 11 is 0. The van der Waals surface area contributed by atoms with Gasteiger partial charge in [0.25, 0.3) is 15.9 Å². The molecule has 1 N–H and O–H groups in total. The molecule has 1 aromatic carbocycles. The zero-order valence-corrected chi connectivity index (χ0v) is 11.3. The molecule has 1 heterocycles. The second kappa shape index (κ2) is 4.61. The lowest BCUT2D eigenvalue weighted by molar-refractivity contribution is 0.0870. The lowest BCUT2D eigenvalue weighted by Crippen LogP contribution is -2.30. The molecule has 1 aliphatic heterocycles. The molecule has 0 saturated heterocycles. The largest absolute Gasteiger partial charge is 0.388 e. The summed E-state index contributed by atoms with van der Waals surface area (Å²) in [5, 5.41) is 2.90. The summed E-state index contributed by atoms with van der Waals surface area (Å²) in [6.45, 7) is 2.21. The standard InChI is InChI=1S/C12H16N2O3S/c1-3-4-7-14-12(15)10-8-9(13-2)5-6-11(10)18(14,16)17/h5-6,8,13H,3-4,7H2,1-2H3. The van der Waals surface area contributed by atoms with Gasteiger partial charge in [-0.15, -0.1) is 0 Å². The van der Waals surface area contributed by atoms with Gasteiger partial charge in [0, 0.05) is 19.3 Å². The van der Waals surface area contributed by atoms with Crippen molar-refractivity contribution in [2.75, 3.05) is 18.9 Å².